The van der Waals surface area contributed by atoms with E-state index < -0.39 is 5.97 Å². The number of rotatable bonds is 5. The Balaban J connectivity index is 3.50. The highest BCUT2D eigenvalue weighted by molar-refractivity contribution is 5.85. The summed E-state index contributed by atoms with van der Waals surface area (Å²) in [5.41, 5.74) is 2.06. The van der Waals surface area contributed by atoms with E-state index in [4.69, 9.17) is 10.9 Å². The van der Waals surface area contributed by atoms with Gasteiger partial charge >= 0.3 is 5.97 Å². The molecule has 0 saturated carbocycles. The molecule has 0 radical (unpaired) electrons. The number of carboxylic acid groups (broad SMARTS) is 1. The zero-order valence-electron chi connectivity index (χ0n) is 6.67. The maximum absolute atomic E-state index is 10.5. The fourth-order valence-corrected chi connectivity index (χ4v) is 0.641. The lowest BCUT2D eigenvalue weighted by Crippen LogP contribution is -2.29. The van der Waals surface area contributed by atoms with E-state index in [0.717, 1.165) is 0 Å². The Hall–Kier alpha value is -1.36. The summed E-state index contributed by atoms with van der Waals surface area (Å²) in [4.78, 5) is 20.8. The normalized spacial score (nSPS) is 9.08. The van der Waals surface area contributed by atoms with Gasteiger partial charge < -0.3 is 5.11 Å². The van der Waals surface area contributed by atoms with Crippen molar-refractivity contribution in [2.75, 3.05) is 0 Å². The van der Waals surface area contributed by atoms with Crippen LogP contribution in [0.25, 0.3) is 0 Å². The first-order valence-electron chi connectivity index (χ1n) is 3.48. The number of aliphatic carboxylic acids is 1. The molecule has 0 bridgehead atoms. The summed E-state index contributed by atoms with van der Waals surface area (Å²) in [6.07, 6.45) is 0.986. The monoisotopic (exact) mass is 172 g/mol. The molecule has 0 heterocycles. The molecule has 0 aliphatic rings. The summed E-state index contributed by atoms with van der Waals surface area (Å²) in [5.74, 6) is 3.49. The largest absolute Gasteiger partial charge is 0.478 e. The first-order chi connectivity index (χ1) is 5.57. The van der Waals surface area contributed by atoms with Crippen molar-refractivity contribution in [3.8, 4) is 0 Å². The van der Waals surface area contributed by atoms with Crippen LogP contribution in [0.15, 0.2) is 12.2 Å². The van der Waals surface area contributed by atoms with Gasteiger partial charge in [0.1, 0.15) is 0 Å². The second-order valence-electron chi connectivity index (χ2n) is 2.33. The summed E-state index contributed by atoms with van der Waals surface area (Å²) in [6.45, 7) is 3.31. The standard InChI is InChI=1S/C7H12N2O3/c1-5(7(11)12)3-2-4-6(10)9-8/h1-4,8H2,(H,9,10)(H,11,12). The van der Waals surface area contributed by atoms with E-state index in [2.05, 4.69) is 6.58 Å². The smallest absolute Gasteiger partial charge is 0.330 e. The van der Waals surface area contributed by atoms with Crippen molar-refractivity contribution in [2.24, 2.45) is 5.84 Å². The van der Waals surface area contributed by atoms with E-state index in [1.807, 2.05) is 5.43 Å². The maximum atomic E-state index is 10.5. The zero-order chi connectivity index (χ0) is 9.56. The highest BCUT2D eigenvalue weighted by atomic mass is 16.4. The summed E-state index contributed by atoms with van der Waals surface area (Å²) in [6, 6.07) is 0. The molecule has 5 nitrogen and oxygen atoms in total. The average molecular weight is 172 g/mol. The number of carboxylic acids is 1. The molecule has 4 N–H and O–H groups in total. The minimum Gasteiger partial charge on any atom is -0.478 e. The molecule has 0 aliphatic heterocycles. The zero-order valence-corrected chi connectivity index (χ0v) is 6.67. The number of hydrogen-bond acceptors (Lipinski definition) is 3. The molecule has 1 amide bonds. The maximum Gasteiger partial charge on any atom is 0.330 e. The van der Waals surface area contributed by atoms with Gasteiger partial charge in [0, 0.05) is 12.0 Å². The van der Waals surface area contributed by atoms with Gasteiger partial charge in [-0.05, 0) is 12.8 Å². The number of nitrogens with one attached hydrogen (secondary N) is 1. The van der Waals surface area contributed by atoms with Gasteiger partial charge in [-0.25, -0.2) is 10.6 Å². The van der Waals surface area contributed by atoms with Crippen molar-refractivity contribution in [1.82, 2.24) is 5.43 Å². The van der Waals surface area contributed by atoms with Crippen molar-refractivity contribution in [1.29, 1.82) is 0 Å². The fraction of sp³-hybridized carbons (Fsp3) is 0.429. The molecule has 0 fully saturated rings. The predicted octanol–water partition coefficient (Wildman–Crippen LogP) is -0.213. The van der Waals surface area contributed by atoms with Crippen LogP contribution in [0.5, 0.6) is 0 Å². The van der Waals surface area contributed by atoms with Gasteiger partial charge in [0.25, 0.3) is 0 Å². The van der Waals surface area contributed by atoms with Crippen LogP contribution >= 0.6 is 0 Å². The minimum absolute atomic E-state index is 0.111. The van der Waals surface area contributed by atoms with Crippen LogP contribution in [0, 0.1) is 0 Å². The van der Waals surface area contributed by atoms with Crippen LogP contribution in [0.3, 0.4) is 0 Å². The Labute approximate surface area is 70.2 Å². The summed E-state index contributed by atoms with van der Waals surface area (Å²) < 4.78 is 0. The number of hydrazine groups is 1. The molecule has 0 aliphatic carbocycles. The van der Waals surface area contributed by atoms with E-state index in [-0.39, 0.29) is 17.9 Å². The molecular weight excluding hydrogens is 160 g/mol. The van der Waals surface area contributed by atoms with E-state index >= 15 is 0 Å². The molecule has 0 saturated heterocycles. The number of carbonyl (C=O) groups is 2. The van der Waals surface area contributed by atoms with Gasteiger partial charge in [-0.3, -0.25) is 10.2 Å². The summed E-state index contributed by atoms with van der Waals surface area (Å²) in [7, 11) is 0. The molecule has 0 aromatic carbocycles. The van der Waals surface area contributed by atoms with E-state index in [9.17, 15) is 9.59 Å². The van der Waals surface area contributed by atoms with Crippen molar-refractivity contribution in [3.63, 3.8) is 0 Å². The SMILES string of the molecule is C=C(CCCC(=O)NN)C(=O)O. The number of carbonyl (C=O) groups excluding carboxylic acids is 1. The van der Waals surface area contributed by atoms with Crippen LogP contribution in [0.1, 0.15) is 19.3 Å². The van der Waals surface area contributed by atoms with E-state index in [1.54, 1.807) is 0 Å². The summed E-state index contributed by atoms with van der Waals surface area (Å²) in [5, 5.41) is 8.38. The third kappa shape index (κ3) is 4.45. The van der Waals surface area contributed by atoms with Gasteiger partial charge in [0.15, 0.2) is 0 Å². The Morgan fingerprint density at radius 1 is 1.42 bits per heavy atom. The highest BCUT2D eigenvalue weighted by Crippen LogP contribution is 2.04. The van der Waals surface area contributed by atoms with Gasteiger partial charge in [0.05, 0.1) is 0 Å². The molecule has 5 heteroatoms. The Morgan fingerprint density at radius 2 is 2.00 bits per heavy atom. The predicted molar refractivity (Wildman–Crippen MR) is 43.0 cm³/mol. The molecule has 0 rings (SSSR count). The molecule has 68 valence electrons. The van der Waals surface area contributed by atoms with Crippen LogP contribution in [-0.4, -0.2) is 17.0 Å². The van der Waals surface area contributed by atoms with E-state index in [0.29, 0.717) is 12.8 Å². The Kier molecular flexibility index (Phi) is 4.71. The van der Waals surface area contributed by atoms with Gasteiger partial charge in [-0.15, -0.1) is 0 Å². The van der Waals surface area contributed by atoms with Crippen LogP contribution < -0.4 is 11.3 Å². The lowest BCUT2D eigenvalue weighted by Gasteiger charge is -1.99. The highest BCUT2D eigenvalue weighted by Gasteiger charge is 2.04. The van der Waals surface area contributed by atoms with E-state index in [1.165, 1.54) is 0 Å². The van der Waals surface area contributed by atoms with Gasteiger partial charge in [-0.1, -0.05) is 6.58 Å². The van der Waals surface area contributed by atoms with Crippen molar-refractivity contribution < 1.29 is 14.7 Å². The molecule has 0 aromatic rings. The van der Waals surface area contributed by atoms with Crippen LogP contribution in [0.4, 0.5) is 0 Å². The van der Waals surface area contributed by atoms with Gasteiger partial charge in [0.2, 0.25) is 5.91 Å². The molecule has 0 unspecified atom stereocenters. The molecule has 0 atom stereocenters. The number of nitrogens with two attached hydrogens (primary N) is 1. The fourth-order valence-electron chi connectivity index (χ4n) is 0.641. The summed E-state index contributed by atoms with van der Waals surface area (Å²) >= 11 is 0. The quantitative estimate of drug-likeness (QED) is 0.231. The number of hydrogen-bond donors (Lipinski definition) is 3. The van der Waals surface area contributed by atoms with Crippen molar-refractivity contribution in [3.05, 3.63) is 12.2 Å². The van der Waals surface area contributed by atoms with Crippen LogP contribution in [-0.2, 0) is 9.59 Å². The second-order valence-corrected chi connectivity index (χ2v) is 2.33. The molecule has 12 heavy (non-hydrogen) atoms. The minimum atomic E-state index is -1.02. The van der Waals surface area contributed by atoms with Crippen molar-refractivity contribution >= 4 is 11.9 Å². The van der Waals surface area contributed by atoms with Gasteiger partial charge in [-0.2, -0.15) is 0 Å². The van der Waals surface area contributed by atoms with Crippen molar-refractivity contribution in [2.45, 2.75) is 19.3 Å². The lowest BCUT2D eigenvalue weighted by atomic mass is 10.1. The first-order valence-corrected chi connectivity index (χ1v) is 3.48. The molecular formula is C7H12N2O3. The van der Waals surface area contributed by atoms with Crippen LogP contribution in [0.2, 0.25) is 0 Å². The molecule has 0 aromatic heterocycles. The Morgan fingerprint density at radius 3 is 2.42 bits per heavy atom. The average Bonchev–Trinajstić information content (AvgIpc) is 2.03. The topological polar surface area (TPSA) is 92.4 Å². The molecule has 0 spiro atoms. The number of amides is 1. The third-order valence-corrected chi connectivity index (χ3v) is 1.35. The first kappa shape index (κ1) is 10.6. The lowest BCUT2D eigenvalue weighted by molar-refractivity contribution is -0.133. The Bertz CT molecular complexity index is 201. The third-order valence-electron chi connectivity index (χ3n) is 1.35. The second kappa shape index (κ2) is 5.31.